The number of unbranched alkanes of at least 4 members (excludes halogenated alkanes) is 6. The average Bonchev–Trinajstić information content (AvgIpc) is 3.18. The number of aryl methyl sites for hydroxylation is 6. The second-order valence-corrected chi connectivity index (χ2v) is 16.8. The van der Waals surface area contributed by atoms with E-state index in [9.17, 15) is 0 Å². The normalized spacial score (nSPS) is 10.6. The van der Waals surface area contributed by atoms with Crippen LogP contribution >= 0.6 is 0 Å². The van der Waals surface area contributed by atoms with Gasteiger partial charge >= 0.3 is 21.7 Å². The summed E-state index contributed by atoms with van der Waals surface area (Å²) in [6.45, 7) is 20.8. The Kier molecular flexibility index (Phi) is 22.0. The fraction of sp³-hybridized carbons (Fsp3) is 0.465. The molecule has 0 atom stereocenters. The van der Waals surface area contributed by atoms with E-state index in [0.717, 1.165) is 6.04 Å². The first-order valence-electron chi connectivity index (χ1n) is 17.7. The third kappa shape index (κ3) is 12.5. The van der Waals surface area contributed by atoms with Crippen LogP contribution in [0.1, 0.15) is 121 Å². The van der Waals surface area contributed by atoms with Crippen LogP contribution in [0.2, 0.25) is 0 Å². The summed E-state index contributed by atoms with van der Waals surface area (Å²) in [6.07, 6.45) is 12.9. The first-order chi connectivity index (χ1) is 21.1. The Morgan fingerprint density at radius 2 is 0.917 bits per heavy atom. The van der Waals surface area contributed by atoms with Crippen molar-refractivity contribution in [3.05, 3.63) is 110 Å². The van der Waals surface area contributed by atoms with E-state index in [1.54, 1.807) is 27.1 Å². The number of hydrogen-bond donors (Lipinski definition) is 0. The summed E-state index contributed by atoms with van der Waals surface area (Å²) in [5, 5.41) is 3.16. The Morgan fingerprint density at radius 1 is 0.500 bits per heavy atom. The molecule has 0 radical (unpaired) electrons. The average molecular weight is 758 g/mol. The monoisotopic (exact) mass is 756 g/mol. The number of benzene rings is 3. The molecule has 0 saturated carbocycles. The Morgan fingerprint density at radius 3 is 1.31 bits per heavy atom. The minimum absolute atomic E-state index is 0. The van der Waals surface area contributed by atoms with Gasteiger partial charge in [-0.15, -0.1) is 16.7 Å². The van der Waals surface area contributed by atoms with Gasteiger partial charge in [-0.1, -0.05) is 183 Å². The maximum Gasteiger partial charge on any atom is 4.00 e. The molecule has 0 unspecified atom stereocenters. The molecule has 0 heterocycles. The molecule has 0 fully saturated rings. The zero-order chi connectivity index (χ0) is 31.8. The summed E-state index contributed by atoms with van der Waals surface area (Å²) < 4.78 is 0. The maximum atomic E-state index is 2.57. The SMILES string of the molecule is CCCCCCc1cc(CCCCCC)cc(-c2c(C)c(C)c(C)[c-]2C[SiH](c2cc(C)cc(C)c2)c2cc(C)cc(C)c2)c1.[Cl-].[Cl-].[Cl-].[Ti+4]. The zero-order valence-electron chi connectivity index (χ0n) is 31.2. The quantitative estimate of drug-likeness (QED) is 0.0984. The van der Waals surface area contributed by atoms with Crippen LogP contribution in [-0.2, 0) is 40.6 Å². The van der Waals surface area contributed by atoms with Crippen molar-refractivity contribution in [1.82, 2.24) is 0 Å². The Hall–Kier alpha value is -1.19. The molecule has 0 aliphatic heterocycles. The first-order valence-corrected chi connectivity index (χ1v) is 19.6. The van der Waals surface area contributed by atoms with Gasteiger partial charge in [0.25, 0.3) is 0 Å². The van der Waals surface area contributed by atoms with Gasteiger partial charge in [-0.25, -0.2) is 0 Å². The van der Waals surface area contributed by atoms with Gasteiger partial charge in [-0.2, -0.15) is 11.1 Å². The largest absolute Gasteiger partial charge is 4.00 e. The number of hydrogen-bond acceptors (Lipinski definition) is 0. The van der Waals surface area contributed by atoms with Crippen molar-refractivity contribution in [2.45, 2.75) is 133 Å². The fourth-order valence-corrected chi connectivity index (χ4v) is 11.1. The Balaban J connectivity index is 0.00000552. The zero-order valence-corrected chi connectivity index (χ0v) is 36.2. The molecular formula is C43H59Cl3SiTi. The Labute approximate surface area is 329 Å². The summed E-state index contributed by atoms with van der Waals surface area (Å²) in [5.41, 5.74) is 17.7. The van der Waals surface area contributed by atoms with E-state index >= 15 is 0 Å². The predicted octanol–water partition coefficient (Wildman–Crippen LogP) is 1.61. The molecule has 48 heavy (non-hydrogen) atoms. The van der Waals surface area contributed by atoms with Crippen molar-refractivity contribution in [2.75, 3.05) is 0 Å². The van der Waals surface area contributed by atoms with Crippen molar-refractivity contribution >= 4 is 19.2 Å². The van der Waals surface area contributed by atoms with E-state index in [1.807, 2.05) is 0 Å². The molecule has 0 amide bonds. The van der Waals surface area contributed by atoms with Crippen molar-refractivity contribution in [1.29, 1.82) is 0 Å². The molecule has 0 saturated heterocycles. The maximum absolute atomic E-state index is 2.57. The predicted molar refractivity (Wildman–Crippen MR) is 199 cm³/mol. The summed E-state index contributed by atoms with van der Waals surface area (Å²) in [7, 11) is -1.55. The summed E-state index contributed by atoms with van der Waals surface area (Å²) in [5.74, 6) is 0. The van der Waals surface area contributed by atoms with E-state index in [4.69, 9.17) is 0 Å². The third-order valence-electron chi connectivity index (χ3n) is 9.93. The minimum Gasteiger partial charge on any atom is -1.00 e. The van der Waals surface area contributed by atoms with E-state index in [0.29, 0.717) is 0 Å². The van der Waals surface area contributed by atoms with Gasteiger partial charge in [0.2, 0.25) is 0 Å². The van der Waals surface area contributed by atoms with E-state index < -0.39 is 8.80 Å². The fourth-order valence-electron chi connectivity index (χ4n) is 7.52. The molecule has 4 rings (SSSR count). The van der Waals surface area contributed by atoms with Crippen LogP contribution in [-0.4, -0.2) is 8.80 Å². The molecule has 0 aliphatic rings. The number of halogens is 3. The molecule has 4 aromatic carbocycles. The van der Waals surface area contributed by atoms with E-state index in [2.05, 4.69) is 117 Å². The summed E-state index contributed by atoms with van der Waals surface area (Å²) in [6, 6.07) is 23.5. The van der Waals surface area contributed by atoms with Crippen LogP contribution in [0.5, 0.6) is 0 Å². The second-order valence-electron chi connectivity index (χ2n) is 14.0. The van der Waals surface area contributed by atoms with Crippen molar-refractivity contribution in [2.24, 2.45) is 0 Å². The van der Waals surface area contributed by atoms with Crippen molar-refractivity contribution < 1.29 is 58.9 Å². The molecule has 0 nitrogen and oxygen atoms in total. The van der Waals surface area contributed by atoms with Crippen LogP contribution in [0.25, 0.3) is 11.1 Å². The van der Waals surface area contributed by atoms with Gasteiger partial charge in [0.1, 0.15) is 0 Å². The van der Waals surface area contributed by atoms with Gasteiger partial charge in [0.15, 0.2) is 0 Å². The second kappa shape index (κ2) is 22.6. The van der Waals surface area contributed by atoms with Crippen LogP contribution in [0, 0.1) is 48.5 Å². The molecule has 0 bridgehead atoms. The van der Waals surface area contributed by atoms with Crippen LogP contribution in [0.4, 0.5) is 0 Å². The van der Waals surface area contributed by atoms with Crippen LogP contribution in [0.15, 0.2) is 54.6 Å². The first kappa shape index (κ1) is 46.8. The van der Waals surface area contributed by atoms with E-state index in [-0.39, 0.29) is 58.9 Å². The van der Waals surface area contributed by atoms with E-state index in [1.165, 1.54) is 114 Å². The minimum atomic E-state index is -1.55. The van der Waals surface area contributed by atoms with Gasteiger partial charge < -0.3 is 37.2 Å². The molecule has 5 heteroatoms. The smallest absolute Gasteiger partial charge is 1.00 e. The number of rotatable bonds is 15. The topological polar surface area (TPSA) is 0 Å². The van der Waals surface area contributed by atoms with Gasteiger partial charge in [-0.05, 0) is 53.4 Å². The summed E-state index contributed by atoms with van der Waals surface area (Å²) >= 11 is 0. The Bertz CT molecular complexity index is 1430. The van der Waals surface area contributed by atoms with Crippen molar-refractivity contribution in [3.63, 3.8) is 0 Å². The molecular weight excluding hydrogens is 699 g/mol. The molecule has 0 aliphatic carbocycles. The van der Waals surface area contributed by atoms with Gasteiger partial charge in [0.05, 0.1) is 8.80 Å². The van der Waals surface area contributed by atoms with Gasteiger partial charge in [-0.3, -0.25) is 0 Å². The standard InChI is InChI=1S/C43H59Si.3ClH.Ti/c1-10-12-14-16-18-37-26-38(19-17-15-13-11-2)28-39(27-37)43-36(9)34(7)35(8)42(43)29-44(40-22-30(3)20-31(4)23-40)41-24-32(5)21-33(6)25-41;;;;/h20-28,44H,10-19,29H2,1-9H3;3*1H;/q-1;;;;+4/p-3. The molecule has 0 spiro atoms. The molecule has 260 valence electrons. The molecule has 0 N–H and O–H groups in total. The van der Waals surface area contributed by atoms with Crippen LogP contribution < -0.4 is 47.6 Å². The molecule has 4 aromatic rings. The summed E-state index contributed by atoms with van der Waals surface area (Å²) in [4.78, 5) is 0. The van der Waals surface area contributed by atoms with Crippen LogP contribution in [0.3, 0.4) is 0 Å². The van der Waals surface area contributed by atoms with Crippen molar-refractivity contribution in [3.8, 4) is 11.1 Å². The third-order valence-corrected chi connectivity index (χ3v) is 13.0. The molecule has 0 aromatic heterocycles. The van der Waals surface area contributed by atoms with Gasteiger partial charge in [0, 0.05) is 0 Å².